The van der Waals surface area contributed by atoms with E-state index < -0.39 is 27.9 Å². The molecule has 4 rings (SSSR count). The lowest BCUT2D eigenvalue weighted by Gasteiger charge is -2.38. The summed E-state index contributed by atoms with van der Waals surface area (Å²) in [6, 6.07) is 6.06. The van der Waals surface area contributed by atoms with Gasteiger partial charge in [0.1, 0.15) is 18.5 Å². The molecule has 2 aliphatic heterocycles. The number of halogens is 3. The number of benzene rings is 1. The van der Waals surface area contributed by atoms with E-state index in [1.165, 1.54) is 19.2 Å². The van der Waals surface area contributed by atoms with E-state index in [-0.39, 0.29) is 35.6 Å². The number of nitrogens with zero attached hydrogens (tertiary/aromatic N) is 3. The van der Waals surface area contributed by atoms with Crippen molar-refractivity contribution < 1.29 is 36.2 Å². The zero-order valence-corrected chi connectivity index (χ0v) is 21.1. The standard InChI is InChI=1S/C23H30F3N5O5S/c1-27-37(33,34)20-4-2-3-19(9-20)35-15-18(32)13-28-17-10-22(36-14-17)5-7-31(8-6-22)21-29-11-16(12-30-21)23(24,25)26/h2-4,9,11-12,17-18,27-28,32H,5-8,10,13-15H2,1H3/t17-,18+/m1/s1. The molecule has 0 aliphatic carbocycles. The Kier molecular flexibility index (Phi) is 8.23. The van der Waals surface area contributed by atoms with Gasteiger partial charge in [-0.3, -0.25) is 0 Å². The van der Waals surface area contributed by atoms with Crippen LogP contribution in [0.4, 0.5) is 19.1 Å². The summed E-state index contributed by atoms with van der Waals surface area (Å²) in [5, 5.41) is 13.6. The molecule has 0 amide bonds. The van der Waals surface area contributed by atoms with Crippen LogP contribution in [-0.2, 0) is 20.9 Å². The van der Waals surface area contributed by atoms with Gasteiger partial charge in [-0.2, -0.15) is 13.2 Å². The summed E-state index contributed by atoms with van der Waals surface area (Å²) >= 11 is 0. The van der Waals surface area contributed by atoms with Crippen LogP contribution >= 0.6 is 0 Å². The molecule has 2 saturated heterocycles. The number of ether oxygens (including phenoxy) is 2. The third-order valence-electron chi connectivity index (χ3n) is 6.60. The fourth-order valence-corrected chi connectivity index (χ4v) is 5.24. The summed E-state index contributed by atoms with van der Waals surface area (Å²) < 4.78 is 76.0. The third-order valence-corrected chi connectivity index (χ3v) is 8.01. The maximum Gasteiger partial charge on any atom is 0.419 e. The Bertz CT molecular complexity index is 1160. The molecule has 0 radical (unpaired) electrons. The van der Waals surface area contributed by atoms with Gasteiger partial charge in [0.2, 0.25) is 16.0 Å². The maximum absolute atomic E-state index is 12.7. The van der Waals surface area contributed by atoms with Gasteiger partial charge < -0.3 is 24.8 Å². The lowest BCUT2D eigenvalue weighted by atomic mass is 9.87. The molecule has 3 N–H and O–H groups in total. The van der Waals surface area contributed by atoms with Gasteiger partial charge in [-0.15, -0.1) is 0 Å². The van der Waals surface area contributed by atoms with Crippen LogP contribution in [0.5, 0.6) is 5.75 Å². The number of rotatable bonds is 9. The largest absolute Gasteiger partial charge is 0.491 e. The number of anilines is 1. The van der Waals surface area contributed by atoms with Crippen molar-refractivity contribution >= 4 is 16.0 Å². The average Bonchev–Trinajstić information content (AvgIpc) is 3.28. The number of sulfonamides is 1. The smallest absolute Gasteiger partial charge is 0.419 e. The summed E-state index contributed by atoms with van der Waals surface area (Å²) in [6.07, 6.45) is -1.57. The summed E-state index contributed by atoms with van der Waals surface area (Å²) in [5.41, 5.74) is -1.21. The Morgan fingerprint density at radius 2 is 1.97 bits per heavy atom. The van der Waals surface area contributed by atoms with E-state index in [9.17, 15) is 26.7 Å². The van der Waals surface area contributed by atoms with Crippen LogP contribution in [0.2, 0.25) is 0 Å². The van der Waals surface area contributed by atoms with E-state index in [0.717, 1.165) is 18.8 Å². The minimum Gasteiger partial charge on any atom is -0.491 e. The van der Waals surface area contributed by atoms with Crippen LogP contribution in [0.25, 0.3) is 0 Å². The van der Waals surface area contributed by atoms with Gasteiger partial charge in [0.15, 0.2) is 0 Å². The summed E-state index contributed by atoms with van der Waals surface area (Å²) in [4.78, 5) is 9.68. The molecule has 204 valence electrons. The number of aromatic nitrogens is 2. The molecule has 0 saturated carbocycles. The molecular formula is C23H30F3N5O5S. The average molecular weight is 546 g/mol. The predicted octanol–water partition coefficient (Wildman–Crippen LogP) is 1.56. The van der Waals surface area contributed by atoms with Gasteiger partial charge in [-0.25, -0.2) is 23.1 Å². The first kappa shape index (κ1) is 27.5. The lowest BCUT2D eigenvalue weighted by Crippen LogP contribution is -2.45. The molecule has 14 heteroatoms. The number of hydrogen-bond acceptors (Lipinski definition) is 9. The molecule has 2 aliphatic rings. The van der Waals surface area contributed by atoms with E-state index in [4.69, 9.17) is 9.47 Å². The van der Waals surface area contributed by atoms with Crippen molar-refractivity contribution in [3.05, 3.63) is 42.2 Å². The molecule has 2 aromatic rings. The van der Waals surface area contributed by atoms with E-state index in [1.807, 2.05) is 4.90 Å². The van der Waals surface area contributed by atoms with Crippen molar-refractivity contribution in [2.75, 3.05) is 44.8 Å². The molecule has 2 atom stereocenters. The zero-order valence-electron chi connectivity index (χ0n) is 20.2. The fourth-order valence-electron chi connectivity index (χ4n) is 4.47. The van der Waals surface area contributed by atoms with Gasteiger partial charge in [0.25, 0.3) is 0 Å². The second kappa shape index (κ2) is 11.1. The highest BCUT2D eigenvalue weighted by molar-refractivity contribution is 7.89. The van der Waals surface area contributed by atoms with Gasteiger partial charge in [0, 0.05) is 44.1 Å². The van der Waals surface area contributed by atoms with E-state index in [2.05, 4.69) is 20.0 Å². The predicted molar refractivity (Wildman–Crippen MR) is 128 cm³/mol. The maximum atomic E-state index is 12.7. The number of hydrogen-bond donors (Lipinski definition) is 3. The van der Waals surface area contributed by atoms with Crippen LogP contribution in [-0.4, -0.2) is 81.1 Å². The minimum atomic E-state index is -4.47. The summed E-state index contributed by atoms with van der Waals surface area (Å²) in [6.45, 7) is 1.86. The van der Waals surface area contributed by atoms with Crippen LogP contribution in [0, 0.1) is 0 Å². The molecule has 1 aromatic heterocycles. The van der Waals surface area contributed by atoms with Crippen molar-refractivity contribution in [1.82, 2.24) is 20.0 Å². The monoisotopic (exact) mass is 545 g/mol. The van der Waals surface area contributed by atoms with Gasteiger partial charge in [-0.05, 0) is 38.4 Å². The third kappa shape index (κ3) is 6.87. The van der Waals surface area contributed by atoms with Crippen LogP contribution in [0.3, 0.4) is 0 Å². The molecule has 2 fully saturated rings. The number of alkyl halides is 3. The highest BCUT2D eigenvalue weighted by Gasteiger charge is 2.43. The Morgan fingerprint density at radius 3 is 2.62 bits per heavy atom. The quantitative estimate of drug-likeness (QED) is 0.430. The van der Waals surface area contributed by atoms with Crippen molar-refractivity contribution in [1.29, 1.82) is 0 Å². The first-order chi connectivity index (χ1) is 17.5. The number of aliphatic hydroxyl groups is 1. The number of nitrogens with one attached hydrogen (secondary N) is 2. The highest BCUT2D eigenvalue weighted by Crippen LogP contribution is 2.37. The molecule has 1 spiro atoms. The first-order valence-electron chi connectivity index (χ1n) is 11.9. The fraction of sp³-hybridized carbons (Fsp3) is 0.565. The molecule has 0 unspecified atom stereocenters. The first-order valence-corrected chi connectivity index (χ1v) is 13.3. The van der Waals surface area contributed by atoms with Crippen LogP contribution < -0.4 is 19.7 Å². The van der Waals surface area contributed by atoms with E-state index >= 15 is 0 Å². The second-order valence-corrected chi connectivity index (χ2v) is 11.1. The van der Waals surface area contributed by atoms with Crippen molar-refractivity contribution in [2.24, 2.45) is 0 Å². The summed E-state index contributed by atoms with van der Waals surface area (Å²) in [5.74, 6) is 0.607. The molecule has 1 aromatic carbocycles. The molecular weight excluding hydrogens is 515 g/mol. The Hall–Kier alpha value is -2.52. The Labute approximate surface area is 213 Å². The van der Waals surface area contributed by atoms with Crippen molar-refractivity contribution in [2.45, 2.75) is 48.1 Å². The zero-order chi connectivity index (χ0) is 26.7. The van der Waals surface area contributed by atoms with Gasteiger partial charge in [-0.1, -0.05) is 6.07 Å². The normalized spacial score (nSPS) is 20.8. The van der Waals surface area contributed by atoms with Crippen molar-refractivity contribution in [3.63, 3.8) is 0 Å². The van der Waals surface area contributed by atoms with Gasteiger partial charge >= 0.3 is 6.18 Å². The summed E-state index contributed by atoms with van der Waals surface area (Å²) in [7, 11) is -2.26. The molecule has 37 heavy (non-hydrogen) atoms. The molecule has 10 nitrogen and oxygen atoms in total. The Balaban J connectivity index is 1.20. The van der Waals surface area contributed by atoms with E-state index in [1.54, 1.807) is 12.1 Å². The topological polar surface area (TPSA) is 126 Å². The molecule has 3 heterocycles. The Morgan fingerprint density at radius 1 is 1.27 bits per heavy atom. The van der Waals surface area contributed by atoms with Crippen LogP contribution in [0.15, 0.2) is 41.6 Å². The minimum absolute atomic E-state index is 0.0170. The highest BCUT2D eigenvalue weighted by atomic mass is 32.2. The van der Waals surface area contributed by atoms with Gasteiger partial charge in [0.05, 0.1) is 22.7 Å². The van der Waals surface area contributed by atoms with Crippen molar-refractivity contribution in [3.8, 4) is 5.75 Å². The SMILES string of the molecule is CNS(=O)(=O)c1cccc(OC[C@@H](O)CN[C@H]2COC3(CCN(c4ncc(C(F)(F)F)cn4)CC3)C2)c1. The molecule has 0 bridgehead atoms. The lowest BCUT2D eigenvalue weighted by molar-refractivity contribution is -0.138. The number of piperidine rings is 1. The second-order valence-electron chi connectivity index (χ2n) is 9.21. The van der Waals surface area contributed by atoms with E-state index in [0.29, 0.717) is 38.3 Å². The van der Waals surface area contributed by atoms with Crippen LogP contribution in [0.1, 0.15) is 24.8 Å². The number of aliphatic hydroxyl groups excluding tert-OH is 1.